The standard InChI is InChI=1S/C21H24N4OS/c1-3-10-25(18-9-8-15-6-4-5-7-16(15)11-18)21(26)19-14-27-20(23-19)17-12-22-24(2)13-17/h4-7,12-14,18H,3,8-11H2,1-2H3. The van der Waals surface area contributed by atoms with E-state index in [4.69, 9.17) is 0 Å². The van der Waals surface area contributed by atoms with Gasteiger partial charge in [-0.1, -0.05) is 31.2 Å². The highest BCUT2D eigenvalue weighted by atomic mass is 32.1. The summed E-state index contributed by atoms with van der Waals surface area (Å²) in [7, 11) is 1.88. The normalized spacial score (nSPS) is 16.1. The van der Waals surface area contributed by atoms with Crippen molar-refractivity contribution in [3.8, 4) is 10.6 Å². The number of aromatic nitrogens is 3. The maximum Gasteiger partial charge on any atom is 0.273 e. The smallest absolute Gasteiger partial charge is 0.273 e. The monoisotopic (exact) mass is 380 g/mol. The van der Waals surface area contributed by atoms with Crippen molar-refractivity contribution in [1.82, 2.24) is 19.7 Å². The average Bonchev–Trinajstić information content (AvgIpc) is 3.34. The van der Waals surface area contributed by atoms with E-state index in [9.17, 15) is 4.79 Å². The third kappa shape index (κ3) is 3.67. The molecule has 5 nitrogen and oxygen atoms in total. The van der Waals surface area contributed by atoms with E-state index in [2.05, 4.69) is 41.3 Å². The Labute approximate surface area is 163 Å². The first-order valence-electron chi connectivity index (χ1n) is 9.48. The molecule has 1 unspecified atom stereocenters. The van der Waals surface area contributed by atoms with Crippen LogP contribution in [-0.2, 0) is 19.9 Å². The zero-order chi connectivity index (χ0) is 18.8. The number of amides is 1. The molecule has 1 atom stereocenters. The molecular formula is C21H24N4OS. The molecule has 1 aromatic carbocycles. The van der Waals surface area contributed by atoms with Crippen molar-refractivity contribution in [1.29, 1.82) is 0 Å². The van der Waals surface area contributed by atoms with Crippen molar-refractivity contribution in [2.24, 2.45) is 7.05 Å². The van der Waals surface area contributed by atoms with E-state index in [0.29, 0.717) is 5.69 Å². The second-order valence-corrected chi connectivity index (χ2v) is 7.96. The molecule has 0 fully saturated rings. The first-order chi connectivity index (χ1) is 13.2. The number of hydrogen-bond donors (Lipinski definition) is 0. The molecule has 1 aliphatic rings. The van der Waals surface area contributed by atoms with Gasteiger partial charge in [0.25, 0.3) is 5.91 Å². The summed E-state index contributed by atoms with van der Waals surface area (Å²) in [5.74, 6) is 0.0487. The highest BCUT2D eigenvalue weighted by Crippen LogP contribution is 2.28. The number of carbonyl (C=O) groups excluding carboxylic acids is 1. The fourth-order valence-electron chi connectivity index (χ4n) is 3.82. The number of hydrogen-bond acceptors (Lipinski definition) is 4. The lowest BCUT2D eigenvalue weighted by molar-refractivity contribution is 0.0656. The van der Waals surface area contributed by atoms with Crippen LogP contribution in [0.15, 0.2) is 42.0 Å². The van der Waals surface area contributed by atoms with Crippen molar-refractivity contribution in [2.75, 3.05) is 6.54 Å². The lowest BCUT2D eigenvalue weighted by atomic mass is 9.87. The van der Waals surface area contributed by atoms with Gasteiger partial charge in [-0.15, -0.1) is 11.3 Å². The molecule has 0 aliphatic heterocycles. The van der Waals surface area contributed by atoms with Gasteiger partial charge in [-0.05, 0) is 36.8 Å². The van der Waals surface area contributed by atoms with Crippen LogP contribution < -0.4 is 0 Å². The molecule has 27 heavy (non-hydrogen) atoms. The van der Waals surface area contributed by atoms with Gasteiger partial charge in [0.2, 0.25) is 0 Å². The predicted molar refractivity (Wildman–Crippen MR) is 108 cm³/mol. The van der Waals surface area contributed by atoms with Crippen LogP contribution in [0.5, 0.6) is 0 Å². The van der Waals surface area contributed by atoms with Crippen LogP contribution in [-0.4, -0.2) is 38.2 Å². The maximum absolute atomic E-state index is 13.2. The summed E-state index contributed by atoms with van der Waals surface area (Å²) < 4.78 is 1.75. The first kappa shape index (κ1) is 17.9. The Morgan fingerprint density at radius 1 is 1.33 bits per heavy atom. The van der Waals surface area contributed by atoms with Gasteiger partial charge in [0, 0.05) is 36.8 Å². The lowest BCUT2D eigenvalue weighted by Gasteiger charge is -2.35. The van der Waals surface area contributed by atoms with Crippen molar-refractivity contribution < 1.29 is 4.79 Å². The number of benzene rings is 1. The number of rotatable bonds is 5. The molecule has 140 valence electrons. The van der Waals surface area contributed by atoms with E-state index < -0.39 is 0 Å². The highest BCUT2D eigenvalue weighted by Gasteiger charge is 2.29. The molecule has 0 bridgehead atoms. The van der Waals surface area contributed by atoms with Crippen molar-refractivity contribution >= 4 is 17.2 Å². The molecule has 2 aromatic heterocycles. The SMILES string of the molecule is CCCN(C(=O)c1csc(-c2cnn(C)c2)n1)C1CCc2ccccc2C1. The molecule has 1 aliphatic carbocycles. The lowest BCUT2D eigenvalue weighted by Crippen LogP contribution is -2.44. The first-order valence-corrected chi connectivity index (χ1v) is 10.4. The number of carbonyl (C=O) groups is 1. The fraction of sp³-hybridized carbons (Fsp3) is 0.381. The highest BCUT2D eigenvalue weighted by molar-refractivity contribution is 7.13. The Morgan fingerprint density at radius 3 is 2.89 bits per heavy atom. The van der Waals surface area contributed by atoms with Crippen molar-refractivity contribution in [3.05, 3.63) is 58.9 Å². The molecule has 6 heteroatoms. The Hall–Kier alpha value is -2.47. The van der Waals surface area contributed by atoms with Gasteiger partial charge in [-0.25, -0.2) is 4.98 Å². The minimum Gasteiger partial charge on any atom is -0.334 e. The summed E-state index contributed by atoms with van der Waals surface area (Å²) in [6.07, 6.45) is 7.64. The van der Waals surface area contributed by atoms with Crippen LogP contribution in [0.4, 0.5) is 0 Å². The molecule has 0 spiro atoms. The summed E-state index contributed by atoms with van der Waals surface area (Å²) in [5.41, 5.74) is 4.29. The van der Waals surface area contributed by atoms with E-state index in [1.165, 1.54) is 22.5 Å². The van der Waals surface area contributed by atoms with E-state index in [0.717, 1.165) is 42.8 Å². The van der Waals surface area contributed by atoms with Crippen LogP contribution in [0, 0.1) is 0 Å². The van der Waals surface area contributed by atoms with Crippen LogP contribution in [0.3, 0.4) is 0 Å². The molecule has 4 rings (SSSR count). The summed E-state index contributed by atoms with van der Waals surface area (Å²) in [6, 6.07) is 8.84. The largest absolute Gasteiger partial charge is 0.334 e. The zero-order valence-electron chi connectivity index (χ0n) is 15.8. The Bertz CT molecular complexity index is 945. The molecular weight excluding hydrogens is 356 g/mol. The third-order valence-electron chi connectivity index (χ3n) is 5.16. The zero-order valence-corrected chi connectivity index (χ0v) is 16.6. The number of thiazole rings is 1. The van der Waals surface area contributed by atoms with Gasteiger partial charge in [-0.2, -0.15) is 5.10 Å². The second kappa shape index (κ2) is 7.64. The molecule has 0 radical (unpaired) electrons. The van der Waals surface area contributed by atoms with Crippen LogP contribution in [0.2, 0.25) is 0 Å². The quantitative estimate of drug-likeness (QED) is 0.673. The van der Waals surface area contributed by atoms with Gasteiger partial charge < -0.3 is 4.90 Å². The van der Waals surface area contributed by atoms with Crippen molar-refractivity contribution in [2.45, 2.75) is 38.6 Å². The van der Waals surface area contributed by atoms with Crippen molar-refractivity contribution in [3.63, 3.8) is 0 Å². The summed E-state index contributed by atoms with van der Waals surface area (Å²) in [4.78, 5) is 19.9. The van der Waals surface area contributed by atoms with Gasteiger partial charge in [0.15, 0.2) is 0 Å². The molecule has 0 N–H and O–H groups in total. The second-order valence-electron chi connectivity index (χ2n) is 7.10. The number of fused-ring (bicyclic) bond motifs is 1. The maximum atomic E-state index is 13.2. The molecule has 0 saturated carbocycles. The Kier molecular flexibility index (Phi) is 5.07. The van der Waals surface area contributed by atoms with Gasteiger partial charge in [0.05, 0.1) is 6.20 Å². The molecule has 2 heterocycles. The summed E-state index contributed by atoms with van der Waals surface area (Å²) in [5, 5.41) is 6.92. The minimum atomic E-state index is 0.0487. The summed E-state index contributed by atoms with van der Waals surface area (Å²) in [6.45, 7) is 2.89. The molecule has 1 amide bonds. The number of nitrogens with zero attached hydrogens (tertiary/aromatic N) is 4. The minimum absolute atomic E-state index is 0.0487. The van der Waals surface area contributed by atoms with E-state index in [-0.39, 0.29) is 11.9 Å². The Balaban J connectivity index is 1.56. The van der Waals surface area contributed by atoms with Gasteiger partial charge in [-0.3, -0.25) is 9.48 Å². The number of aryl methyl sites for hydroxylation is 2. The third-order valence-corrected chi connectivity index (χ3v) is 6.05. The molecule has 0 saturated heterocycles. The van der Waals surface area contributed by atoms with Crippen LogP contribution in [0.1, 0.15) is 41.4 Å². The fourth-order valence-corrected chi connectivity index (χ4v) is 4.59. The average molecular weight is 381 g/mol. The van der Waals surface area contributed by atoms with E-state index in [1.807, 2.05) is 23.5 Å². The van der Waals surface area contributed by atoms with Gasteiger partial charge in [0.1, 0.15) is 10.7 Å². The van der Waals surface area contributed by atoms with Crippen LogP contribution in [0.25, 0.3) is 10.6 Å². The topological polar surface area (TPSA) is 51.0 Å². The Morgan fingerprint density at radius 2 is 2.15 bits per heavy atom. The summed E-state index contributed by atoms with van der Waals surface area (Å²) >= 11 is 1.50. The predicted octanol–water partition coefficient (Wildman–Crippen LogP) is 3.95. The van der Waals surface area contributed by atoms with Gasteiger partial charge >= 0.3 is 0 Å². The van der Waals surface area contributed by atoms with Crippen LogP contribution >= 0.6 is 11.3 Å². The molecule has 3 aromatic rings. The van der Waals surface area contributed by atoms with E-state index in [1.54, 1.807) is 10.9 Å². The van der Waals surface area contributed by atoms with E-state index >= 15 is 0 Å².